The second kappa shape index (κ2) is 7.38. The molecular formula is C18H22F2N2O5. The smallest absolute Gasteiger partial charge is 0.387 e. The number of carbonyl (C=O) groups excluding carboxylic acids is 1. The molecule has 2 aliphatic heterocycles. The molecule has 4 rings (SSSR count). The van der Waals surface area contributed by atoms with Crippen molar-refractivity contribution < 1.29 is 32.5 Å². The molecule has 7 nitrogen and oxygen atoms in total. The number of fused-ring (bicyclic) bond motifs is 3. The molecular weight excluding hydrogens is 362 g/mol. The van der Waals surface area contributed by atoms with E-state index in [1.807, 2.05) is 0 Å². The molecule has 9 heteroatoms. The van der Waals surface area contributed by atoms with E-state index in [1.54, 1.807) is 0 Å². The van der Waals surface area contributed by atoms with Crippen LogP contribution in [-0.4, -0.2) is 38.7 Å². The first-order chi connectivity index (χ1) is 13.0. The van der Waals surface area contributed by atoms with E-state index in [4.69, 9.17) is 14.2 Å². The summed E-state index contributed by atoms with van der Waals surface area (Å²) in [6.45, 7) is -1.72. The number of alkyl halides is 2. The van der Waals surface area contributed by atoms with Crippen LogP contribution in [0, 0.1) is 5.41 Å². The Morgan fingerprint density at radius 2 is 2.11 bits per heavy atom. The molecule has 27 heavy (non-hydrogen) atoms. The highest BCUT2D eigenvalue weighted by Crippen LogP contribution is 2.43. The molecule has 0 radical (unpaired) electrons. The highest BCUT2D eigenvalue weighted by molar-refractivity contribution is 5.74. The maximum Gasteiger partial charge on any atom is 0.387 e. The van der Waals surface area contributed by atoms with Gasteiger partial charge in [-0.3, -0.25) is 0 Å². The predicted octanol–water partition coefficient (Wildman–Crippen LogP) is 2.78. The Bertz CT molecular complexity index is 713. The zero-order valence-electron chi connectivity index (χ0n) is 14.8. The third-order valence-corrected chi connectivity index (χ3v) is 5.35. The highest BCUT2D eigenvalue weighted by atomic mass is 19.3. The number of ether oxygens (including phenoxy) is 4. The van der Waals surface area contributed by atoms with Crippen LogP contribution < -0.4 is 24.8 Å². The maximum atomic E-state index is 12.7. The summed E-state index contributed by atoms with van der Waals surface area (Å²) in [6, 6.07) is 2.52. The fraction of sp³-hybridized carbons (Fsp3) is 0.611. The predicted molar refractivity (Wildman–Crippen MR) is 90.1 cm³/mol. The Balaban J connectivity index is 1.34. The van der Waals surface area contributed by atoms with Gasteiger partial charge in [0.15, 0.2) is 11.5 Å². The first-order valence-corrected chi connectivity index (χ1v) is 9.04. The summed E-state index contributed by atoms with van der Waals surface area (Å²) in [5.41, 5.74) is 0.401. The summed E-state index contributed by atoms with van der Waals surface area (Å²) in [6.07, 6.45) is 4.52. The molecule has 1 aliphatic carbocycles. The summed E-state index contributed by atoms with van der Waals surface area (Å²) in [5, 5.41) is 5.56. The number of rotatable bonds is 6. The molecule has 3 aliphatic rings. The summed E-state index contributed by atoms with van der Waals surface area (Å²) in [4.78, 5) is 12.2. The van der Waals surface area contributed by atoms with E-state index in [9.17, 15) is 13.6 Å². The molecule has 0 aromatic heterocycles. The van der Waals surface area contributed by atoms with E-state index < -0.39 is 6.61 Å². The van der Waals surface area contributed by atoms with Crippen molar-refractivity contribution in [1.29, 1.82) is 0 Å². The molecule has 2 unspecified atom stereocenters. The Morgan fingerprint density at radius 3 is 2.93 bits per heavy atom. The zero-order valence-corrected chi connectivity index (χ0v) is 14.8. The molecule has 2 N–H and O–H groups in total. The normalized spacial score (nSPS) is 25.5. The lowest BCUT2D eigenvalue weighted by molar-refractivity contribution is -0.0505. The van der Waals surface area contributed by atoms with Crippen molar-refractivity contribution in [2.75, 3.05) is 19.9 Å². The van der Waals surface area contributed by atoms with Crippen molar-refractivity contribution >= 4 is 6.03 Å². The van der Waals surface area contributed by atoms with Gasteiger partial charge in [0, 0.05) is 30.1 Å². The Morgan fingerprint density at radius 1 is 1.30 bits per heavy atom. The van der Waals surface area contributed by atoms with E-state index >= 15 is 0 Å². The number of hydrogen-bond donors (Lipinski definition) is 2. The van der Waals surface area contributed by atoms with Gasteiger partial charge in [0.25, 0.3) is 0 Å². The monoisotopic (exact) mass is 384 g/mol. The van der Waals surface area contributed by atoms with Crippen LogP contribution in [0.15, 0.2) is 12.1 Å². The first kappa shape index (κ1) is 18.1. The second-order valence-corrected chi connectivity index (χ2v) is 7.26. The molecule has 1 aromatic carbocycles. The van der Waals surface area contributed by atoms with E-state index in [1.165, 1.54) is 12.1 Å². The largest absolute Gasteiger partial charge is 0.454 e. The fourth-order valence-corrected chi connectivity index (χ4v) is 3.99. The molecule has 1 saturated heterocycles. The first-order valence-electron chi connectivity index (χ1n) is 9.04. The molecule has 2 atom stereocenters. The van der Waals surface area contributed by atoms with Crippen LogP contribution in [0.25, 0.3) is 0 Å². The van der Waals surface area contributed by atoms with Gasteiger partial charge in [-0.05, 0) is 25.3 Å². The highest BCUT2D eigenvalue weighted by Gasteiger charge is 2.43. The summed E-state index contributed by atoms with van der Waals surface area (Å²) in [7, 11) is 0. The number of benzene rings is 1. The number of hydrogen-bond acceptors (Lipinski definition) is 5. The van der Waals surface area contributed by atoms with Crippen LogP contribution in [0.1, 0.15) is 31.2 Å². The third kappa shape index (κ3) is 4.02. The Labute approximate surface area is 155 Å². The minimum Gasteiger partial charge on any atom is -0.454 e. The van der Waals surface area contributed by atoms with E-state index in [2.05, 4.69) is 15.4 Å². The average molecular weight is 384 g/mol. The number of halogens is 2. The minimum absolute atomic E-state index is 0.0168. The average Bonchev–Trinajstić information content (AvgIpc) is 3.21. The van der Waals surface area contributed by atoms with Gasteiger partial charge < -0.3 is 29.6 Å². The third-order valence-electron chi connectivity index (χ3n) is 5.35. The minimum atomic E-state index is -2.97. The van der Waals surface area contributed by atoms with Gasteiger partial charge in [0.2, 0.25) is 6.79 Å². The van der Waals surface area contributed by atoms with Gasteiger partial charge in [0.1, 0.15) is 5.75 Å². The molecule has 2 amide bonds. The lowest BCUT2D eigenvalue weighted by Crippen LogP contribution is -2.43. The quantitative estimate of drug-likeness (QED) is 0.789. The van der Waals surface area contributed by atoms with Gasteiger partial charge in [-0.1, -0.05) is 6.42 Å². The summed E-state index contributed by atoms with van der Waals surface area (Å²) < 4.78 is 46.0. The lowest BCUT2D eigenvalue weighted by Gasteiger charge is -2.30. The number of amides is 2. The molecule has 2 bridgehead atoms. The van der Waals surface area contributed by atoms with E-state index in [0.717, 1.165) is 25.7 Å². The number of nitrogens with one attached hydrogen (secondary N) is 2. The van der Waals surface area contributed by atoms with Crippen molar-refractivity contribution in [1.82, 2.24) is 10.6 Å². The lowest BCUT2D eigenvalue weighted by atomic mass is 9.76. The fourth-order valence-electron chi connectivity index (χ4n) is 3.99. The topological polar surface area (TPSA) is 78.1 Å². The van der Waals surface area contributed by atoms with Crippen LogP contribution in [0.4, 0.5) is 13.6 Å². The van der Waals surface area contributed by atoms with E-state index in [-0.39, 0.29) is 30.5 Å². The Kier molecular flexibility index (Phi) is 4.94. The van der Waals surface area contributed by atoms with Crippen LogP contribution in [0.5, 0.6) is 17.2 Å². The van der Waals surface area contributed by atoms with Crippen molar-refractivity contribution in [2.24, 2.45) is 5.41 Å². The standard InChI is InChI=1S/C18H22F2N2O5/c19-16(20)27-13-5-15-14(25-10-26-15)4-11(13)7-21-17(23)22-8-18-3-1-2-12(6-18)24-9-18/h4-5,12,16H,1-3,6-10H2,(H2,21,22,23). The van der Waals surface area contributed by atoms with Crippen molar-refractivity contribution in [3.8, 4) is 17.2 Å². The van der Waals surface area contributed by atoms with Crippen molar-refractivity contribution in [2.45, 2.75) is 44.9 Å². The van der Waals surface area contributed by atoms with Crippen LogP contribution in [0.2, 0.25) is 0 Å². The number of carbonyl (C=O) groups is 1. The molecule has 2 fully saturated rings. The second-order valence-electron chi connectivity index (χ2n) is 7.26. The van der Waals surface area contributed by atoms with Gasteiger partial charge in [0.05, 0.1) is 12.7 Å². The molecule has 148 valence electrons. The Hall–Kier alpha value is -2.29. The molecule has 1 saturated carbocycles. The zero-order chi connectivity index (χ0) is 18.9. The molecule has 1 aromatic rings. The van der Waals surface area contributed by atoms with E-state index in [0.29, 0.717) is 36.3 Å². The van der Waals surface area contributed by atoms with Gasteiger partial charge in [-0.2, -0.15) is 8.78 Å². The van der Waals surface area contributed by atoms with Crippen LogP contribution in [0.3, 0.4) is 0 Å². The van der Waals surface area contributed by atoms with Crippen molar-refractivity contribution in [3.05, 3.63) is 17.7 Å². The molecule has 0 spiro atoms. The van der Waals surface area contributed by atoms with Crippen LogP contribution in [-0.2, 0) is 11.3 Å². The van der Waals surface area contributed by atoms with Gasteiger partial charge in [-0.25, -0.2) is 4.79 Å². The maximum absolute atomic E-state index is 12.7. The van der Waals surface area contributed by atoms with Crippen LogP contribution >= 0.6 is 0 Å². The van der Waals surface area contributed by atoms with Crippen molar-refractivity contribution in [3.63, 3.8) is 0 Å². The summed E-state index contributed by atoms with van der Waals surface area (Å²) >= 11 is 0. The molecule has 2 heterocycles. The van der Waals surface area contributed by atoms with Gasteiger partial charge >= 0.3 is 12.6 Å². The summed E-state index contributed by atoms with van der Waals surface area (Å²) in [5.74, 6) is 0.725. The SMILES string of the molecule is O=C(NCc1cc2c(cc1OC(F)F)OCO2)NCC12CCCC(C1)OC2. The number of urea groups is 1. The van der Waals surface area contributed by atoms with Gasteiger partial charge in [-0.15, -0.1) is 0 Å².